The van der Waals surface area contributed by atoms with Crippen LogP contribution in [0.4, 0.5) is 0 Å². The summed E-state index contributed by atoms with van der Waals surface area (Å²) in [6.07, 6.45) is 2.53. The van der Waals surface area contributed by atoms with Crippen LogP contribution in [0.15, 0.2) is 48.7 Å². The number of hydrogen-bond acceptors (Lipinski definition) is 3. The molecule has 2 heterocycles. The van der Waals surface area contributed by atoms with E-state index in [4.69, 9.17) is 0 Å². The third-order valence-corrected chi connectivity index (χ3v) is 2.82. The molecule has 0 radical (unpaired) electrons. The first kappa shape index (κ1) is 10.5. The molecule has 0 spiro atoms. The molecule has 0 aliphatic rings. The van der Waals surface area contributed by atoms with E-state index in [0.717, 1.165) is 6.29 Å². The molecule has 0 saturated heterocycles. The summed E-state index contributed by atoms with van der Waals surface area (Å²) in [6, 6.07) is 12.3. The number of phenolic OH excluding ortho intramolecular Hbond substituents is 1. The highest BCUT2D eigenvalue weighted by Crippen LogP contribution is 2.28. The molecular formula is C14H10N2O2. The van der Waals surface area contributed by atoms with Crippen LogP contribution in [0, 0.1) is 0 Å². The van der Waals surface area contributed by atoms with Gasteiger partial charge in [0.05, 0.1) is 11.4 Å². The number of aldehydes is 1. The smallest absolute Gasteiger partial charge is 0.166 e. The van der Waals surface area contributed by atoms with Crippen molar-refractivity contribution in [3.63, 3.8) is 0 Å². The highest BCUT2D eigenvalue weighted by Gasteiger charge is 2.09. The first-order valence-electron chi connectivity index (χ1n) is 5.51. The number of fused-ring (bicyclic) bond motifs is 1. The maximum atomic E-state index is 10.9. The van der Waals surface area contributed by atoms with Crippen molar-refractivity contribution in [2.24, 2.45) is 0 Å². The zero-order valence-electron chi connectivity index (χ0n) is 9.45. The second-order valence-electron chi connectivity index (χ2n) is 3.94. The van der Waals surface area contributed by atoms with Crippen LogP contribution in [0.25, 0.3) is 16.9 Å². The fraction of sp³-hybridized carbons (Fsp3) is 0. The van der Waals surface area contributed by atoms with Gasteiger partial charge >= 0.3 is 0 Å². The van der Waals surface area contributed by atoms with E-state index < -0.39 is 0 Å². The van der Waals surface area contributed by atoms with E-state index in [-0.39, 0.29) is 5.75 Å². The molecule has 0 unspecified atom stereocenters. The average molecular weight is 238 g/mol. The summed E-state index contributed by atoms with van der Waals surface area (Å²) in [5, 5.41) is 9.80. The summed E-state index contributed by atoms with van der Waals surface area (Å²) < 4.78 is 1.70. The van der Waals surface area contributed by atoms with Crippen molar-refractivity contribution in [3.05, 3.63) is 54.4 Å². The van der Waals surface area contributed by atoms with Gasteiger partial charge in [-0.05, 0) is 24.3 Å². The number of aromatic hydroxyl groups is 1. The van der Waals surface area contributed by atoms with Gasteiger partial charge in [0.25, 0.3) is 0 Å². The molecule has 0 aliphatic carbocycles. The van der Waals surface area contributed by atoms with E-state index in [0.29, 0.717) is 22.6 Å². The number of phenols is 1. The first-order valence-corrected chi connectivity index (χ1v) is 5.51. The lowest BCUT2D eigenvalue weighted by molar-refractivity contribution is 0.111. The Morgan fingerprint density at radius 2 is 1.94 bits per heavy atom. The molecular weight excluding hydrogens is 228 g/mol. The van der Waals surface area contributed by atoms with E-state index >= 15 is 0 Å². The molecule has 3 aromatic rings. The second-order valence-corrected chi connectivity index (χ2v) is 3.94. The van der Waals surface area contributed by atoms with Crippen molar-refractivity contribution in [1.82, 2.24) is 9.38 Å². The molecule has 0 aliphatic heterocycles. The van der Waals surface area contributed by atoms with Gasteiger partial charge in [-0.2, -0.15) is 0 Å². The fourth-order valence-electron chi connectivity index (χ4n) is 1.95. The Bertz CT molecular complexity index is 731. The summed E-state index contributed by atoms with van der Waals surface area (Å²) in [7, 11) is 0. The zero-order chi connectivity index (χ0) is 12.5. The van der Waals surface area contributed by atoms with E-state index in [2.05, 4.69) is 4.98 Å². The van der Waals surface area contributed by atoms with Crippen LogP contribution in [0.3, 0.4) is 0 Å². The summed E-state index contributed by atoms with van der Waals surface area (Å²) in [4.78, 5) is 15.3. The summed E-state index contributed by atoms with van der Waals surface area (Å²) in [5.74, 6) is 0.175. The molecule has 2 aromatic heterocycles. The van der Waals surface area contributed by atoms with Gasteiger partial charge < -0.3 is 5.11 Å². The predicted octanol–water partition coefficient (Wildman–Crippen LogP) is 2.52. The Kier molecular flexibility index (Phi) is 2.34. The Hall–Kier alpha value is -2.62. The third-order valence-electron chi connectivity index (χ3n) is 2.82. The molecule has 0 amide bonds. The minimum atomic E-state index is 0.175. The van der Waals surface area contributed by atoms with Crippen LogP contribution in [0.1, 0.15) is 10.5 Å². The molecule has 0 atom stereocenters. The van der Waals surface area contributed by atoms with Crippen molar-refractivity contribution < 1.29 is 9.90 Å². The van der Waals surface area contributed by atoms with Gasteiger partial charge in [0.15, 0.2) is 6.29 Å². The molecule has 4 nitrogen and oxygen atoms in total. The molecule has 0 saturated carbocycles. The second kappa shape index (κ2) is 4.00. The molecule has 4 heteroatoms. The van der Waals surface area contributed by atoms with Gasteiger partial charge in [-0.15, -0.1) is 0 Å². The van der Waals surface area contributed by atoms with Crippen LogP contribution in [0.5, 0.6) is 5.75 Å². The lowest BCUT2D eigenvalue weighted by atomic mass is 10.1. The van der Waals surface area contributed by atoms with Crippen molar-refractivity contribution >= 4 is 11.9 Å². The van der Waals surface area contributed by atoms with Crippen LogP contribution >= 0.6 is 0 Å². The summed E-state index contributed by atoms with van der Waals surface area (Å²) in [5.41, 5.74) is 2.50. The summed E-state index contributed by atoms with van der Waals surface area (Å²) >= 11 is 0. The van der Waals surface area contributed by atoms with Crippen molar-refractivity contribution in [3.8, 4) is 17.0 Å². The Morgan fingerprint density at radius 1 is 1.11 bits per heavy atom. The summed E-state index contributed by atoms with van der Waals surface area (Å²) in [6.45, 7) is 0. The fourth-order valence-corrected chi connectivity index (χ4v) is 1.95. The monoisotopic (exact) mass is 238 g/mol. The molecule has 1 N–H and O–H groups in total. The standard InChI is InChI=1S/C14H10N2O2/c17-9-10-4-3-7-14-15-12(8-16(10)14)11-5-1-2-6-13(11)18/h1-9,18H. The lowest BCUT2D eigenvalue weighted by Gasteiger charge is -1.98. The maximum Gasteiger partial charge on any atom is 0.166 e. The Balaban J connectivity index is 2.26. The number of imidazole rings is 1. The number of carbonyl (C=O) groups is 1. The van der Waals surface area contributed by atoms with E-state index in [9.17, 15) is 9.90 Å². The van der Waals surface area contributed by atoms with Gasteiger partial charge in [0.2, 0.25) is 0 Å². The van der Waals surface area contributed by atoms with Gasteiger partial charge in [-0.1, -0.05) is 18.2 Å². The molecule has 88 valence electrons. The topological polar surface area (TPSA) is 54.6 Å². The van der Waals surface area contributed by atoms with E-state index in [1.165, 1.54) is 0 Å². The third kappa shape index (κ3) is 1.55. The van der Waals surface area contributed by atoms with Gasteiger partial charge in [-0.25, -0.2) is 4.98 Å². The molecule has 3 rings (SSSR count). The van der Waals surface area contributed by atoms with Crippen molar-refractivity contribution in [2.45, 2.75) is 0 Å². The number of benzene rings is 1. The first-order chi connectivity index (χ1) is 8.79. The van der Waals surface area contributed by atoms with Crippen molar-refractivity contribution in [1.29, 1.82) is 0 Å². The molecule has 18 heavy (non-hydrogen) atoms. The number of para-hydroxylation sites is 1. The van der Waals surface area contributed by atoms with Gasteiger partial charge in [0, 0.05) is 11.8 Å². The normalized spacial score (nSPS) is 10.7. The number of pyridine rings is 1. The van der Waals surface area contributed by atoms with Crippen molar-refractivity contribution in [2.75, 3.05) is 0 Å². The van der Waals surface area contributed by atoms with E-state index in [1.54, 1.807) is 40.9 Å². The molecule has 0 fully saturated rings. The number of aromatic nitrogens is 2. The Labute approximate surface area is 103 Å². The molecule has 0 bridgehead atoms. The largest absolute Gasteiger partial charge is 0.507 e. The highest BCUT2D eigenvalue weighted by molar-refractivity contribution is 5.76. The SMILES string of the molecule is O=Cc1cccc2nc(-c3ccccc3O)cn12. The number of nitrogens with zero attached hydrogens (tertiary/aromatic N) is 2. The number of hydrogen-bond donors (Lipinski definition) is 1. The minimum absolute atomic E-state index is 0.175. The van der Waals surface area contributed by atoms with Gasteiger partial charge in [-0.3, -0.25) is 9.20 Å². The van der Waals surface area contributed by atoms with Crippen LogP contribution in [-0.2, 0) is 0 Å². The average Bonchev–Trinajstić information content (AvgIpc) is 2.82. The minimum Gasteiger partial charge on any atom is -0.507 e. The quantitative estimate of drug-likeness (QED) is 0.698. The van der Waals surface area contributed by atoms with E-state index in [1.807, 2.05) is 12.1 Å². The van der Waals surface area contributed by atoms with Crippen LogP contribution < -0.4 is 0 Å². The number of rotatable bonds is 2. The zero-order valence-corrected chi connectivity index (χ0v) is 9.45. The molecule has 1 aromatic carbocycles. The van der Waals surface area contributed by atoms with Crippen LogP contribution in [0.2, 0.25) is 0 Å². The lowest BCUT2D eigenvalue weighted by Crippen LogP contribution is -1.91. The predicted molar refractivity (Wildman–Crippen MR) is 67.7 cm³/mol. The highest BCUT2D eigenvalue weighted by atomic mass is 16.3. The number of carbonyl (C=O) groups excluding carboxylic acids is 1. The Morgan fingerprint density at radius 3 is 2.72 bits per heavy atom. The van der Waals surface area contributed by atoms with Gasteiger partial charge in [0.1, 0.15) is 11.4 Å². The van der Waals surface area contributed by atoms with Crippen LogP contribution in [-0.4, -0.2) is 20.8 Å². The maximum absolute atomic E-state index is 10.9.